The van der Waals surface area contributed by atoms with Gasteiger partial charge in [-0.2, -0.15) is 5.26 Å². The van der Waals surface area contributed by atoms with Gasteiger partial charge in [0.2, 0.25) is 0 Å². The Bertz CT molecular complexity index is 489. The number of aryl methyl sites for hydroxylation is 1. The fourth-order valence-electron chi connectivity index (χ4n) is 1.82. The van der Waals surface area contributed by atoms with Crippen LogP contribution in [0.4, 0.5) is 4.79 Å². The molecule has 2 atom stereocenters. The number of nitrogens with one attached hydrogen (secondary N) is 1. The topological polar surface area (TPSA) is 82.3 Å². The van der Waals surface area contributed by atoms with Crippen LogP contribution in [0.25, 0.3) is 0 Å². The van der Waals surface area contributed by atoms with E-state index in [9.17, 15) is 9.90 Å². The highest BCUT2D eigenvalue weighted by Gasteiger charge is 2.24. The smallest absolute Gasteiger partial charge is 0.407 e. The summed E-state index contributed by atoms with van der Waals surface area (Å²) in [5.41, 5.74) is 0.463. The van der Waals surface area contributed by atoms with Gasteiger partial charge in [-0.05, 0) is 39.2 Å². The number of benzene rings is 1. The van der Waals surface area contributed by atoms with Gasteiger partial charge in [0.05, 0.1) is 12.1 Å². The lowest BCUT2D eigenvalue weighted by atomic mass is 10.0. The van der Waals surface area contributed by atoms with E-state index in [4.69, 9.17) is 10.00 Å². The molecule has 23 heavy (non-hydrogen) atoms. The summed E-state index contributed by atoms with van der Waals surface area (Å²) >= 11 is 0. The normalized spacial score (nSPS) is 12.9. The molecule has 0 fully saturated rings. The molecule has 1 amide bonds. The zero-order chi connectivity index (χ0) is 17.9. The predicted octanol–water partition coefficient (Wildman–Crippen LogP) is 3.42. The zero-order valence-corrected chi connectivity index (χ0v) is 14.7. The molecule has 0 heterocycles. The quantitative estimate of drug-likeness (QED) is 0.814. The van der Waals surface area contributed by atoms with E-state index in [2.05, 4.69) is 5.32 Å². The van der Waals surface area contributed by atoms with E-state index in [1.54, 1.807) is 26.8 Å². The number of hydrogen-bond acceptors (Lipinski definition) is 4. The maximum atomic E-state index is 11.7. The fraction of sp³-hybridized carbons (Fsp3) is 0.556. The van der Waals surface area contributed by atoms with Gasteiger partial charge < -0.3 is 15.2 Å². The lowest BCUT2D eigenvalue weighted by Crippen LogP contribution is -2.45. The summed E-state index contributed by atoms with van der Waals surface area (Å²) in [6.45, 7) is 9.27. The van der Waals surface area contributed by atoms with Crippen molar-refractivity contribution in [1.82, 2.24) is 5.32 Å². The summed E-state index contributed by atoms with van der Waals surface area (Å²) in [5, 5.41) is 21.1. The maximum Gasteiger partial charge on any atom is 0.407 e. The Morgan fingerprint density at radius 2 is 1.87 bits per heavy atom. The second kappa shape index (κ2) is 10.6. The summed E-state index contributed by atoms with van der Waals surface area (Å²) in [4.78, 5) is 11.7. The number of hydrogen-bond donors (Lipinski definition) is 2. The minimum absolute atomic E-state index is 0.456. The number of aliphatic hydroxyl groups excluding tert-OH is 1. The molecule has 1 aromatic rings. The highest BCUT2D eigenvalue weighted by Crippen LogP contribution is 2.10. The summed E-state index contributed by atoms with van der Waals surface area (Å²) in [7, 11) is 0. The number of carbonyl (C=O) groups excluding carboxylic acids is 1. The lowest BCUT2D eigenvalue weighted by molar-refractivity contribution is 0.0453. The first-order valence-electron chi connectivity index (χ1n) is 7.93. The SMILES string of the molecule is CC.CC(C)(C)OC(=O)NC(CCc1ccccc1)C(O)C#N. The lowest BCUT2D eigenvalue weighted by Gasteiger charge is -2.24. The highest BCUT2D eigenvalue weighted by molar-refractivity contribution is 5.68. The molecular formula is C18H28N2O3. The minimum Gasteiger partial charge on any atom is -0.444 e. The largest absolute Gasteiger partial charge is 0.444 e. The van der Waals surface area contributed by atoms with Crippen LogP contribution in [0.3, 0.4) is 0 Å². The van der Waals surface area contributed by atoms with Gasteiger partial charge in [0.1, 0.15) is 5.60 Å². The minimum atomic E-state index is -1.26. The summed E-state index contributed by atoms with van der Waals surface area (Å²) in [6, 6.07) is 10.8. The molecule has 0 aromatic heterocycles. The third kappa shape index (κ3) is 9.54. The highest BCUT2D eigenvalue weighted by atomic mass is 16.6. The van der Waals surface area contributed by atoms with E-state index in [1.807, 2.05) is 44.2 Å². The first-order chi connectivity index (χ1) is 10.8. The van der Waals surface area contributed by atoms with Gasteiger partial charge in [-0.3, -0.25) is 0 Å². The van der Waals surface area contributed by atoms with Gasteiger partial charge in [-0.15, -0.1) is 0 Å². The Balaban J connectivity index is 0.00000232. The maximum absolute atomic E-state index is 11.7. The Morgan fingerprint density at radius 1 is 1.30 bits per heavy atom. The fourth-order valence-corrected chi connectivity index (χ4v) is 1.82. The third-order valence-electron chi connectivity index (χ3n) is 2.80. The number of aliphatic hydroxyl groups is 1. The van der Waals surface area contributed by atoms with Crippen LogP contribution in [0, 0.1) is 11.3 Å². The van der Waals surface area contributed by atoms with Gasteiger partial charge in [-0.1, -0.05) is 44.2 Å². The van der Waals surface area contributed by atoms with E-state index >= 15 is 0 Å². The number of nitriles is 1. The van der Waals surface area contributed by atoms with Crippen molar-refractivity contribution >= 4 is 6.09 Å². The number of amides is 1. The Morgan fingerprint density at radius 3 is 2.35 bits per heavy atom. The standard InChI is InChI=1S/C16H22N2O3.C2H6/c1-16(2,3)21-15(20)18-13(14(19)11-17)10-9-12-7-5-4-6-8-12;1-2/h4-8,13-14,19H,9-10H2,1-3H3,(H,18,20);1-2H3. The number of nitrogens with zero attached hydrogens (tertiary/aromatic N) is 1. The van der Waals surface area contributed by atoms with Crippen molar-refractivity contribution in [3.8, 4) is 6.07 Å². The van der Waals surface area contributed by atoms with E-state index in [-0.39, 0.29) is 0 Å². The van der Waals surface area contributed by atoms with E-state index < -0.39 is 23.8 Å². The Kier molecular flexibility index (Phi) is 9.68. The van der Waals surface area contributed by atoms with Crippen molar-refractivity contribution in [2.45, 2.75) is 65.2 Å². The summed E-state index contributed by atoms with van der Waals surface area (Å²) < 4.78 is 5.14. The van der Waals surface area contributed by atoms with Crippen molar-refractivity contribution < 1.29 is 14.6 Å². The molecule has 0 saturated heterocycles. The van der Waals surface area contributed by atoms with Gasteiger partial charge in [0, 0.05) is 0 Å². The van der Waals surface area contributed by atoms with E-state index in [0.717, 1.165) is 5.56 Å². The molecule has 0 saturated carbocycles. The molecule has 0 aliphatic rings. The van der Waals surface area contributed by atoms with Crippen LogP contribution in [0.5, 0.6) is 0 Å². The average molecular weight is 320 g/mol. The molecule has 1 rings (SSSR count). The van der Waals surface area contributed by atoms with Crippen LogP contribution in [0.2, 0.25) is 0 Å². The van der Waals surface area contributed by atoms with Crippen LogP contribution in [-0.2, 0) is 11.2 Å². The molecule has 0 spiro atoms. The molecule has 0 aliphatic heterocycles. The van der Waals surface area contributed by atoms with Crippen LogP contribution < -0.4 is 5.32 Å². The van der Waals surface area contributed by atoms with Crippen LogP contribution in [-0.4, -0.2) is 28.9 Å². The van der Waals surface area contributed by atoms with Crippen molar-refractivity contribution in [2.75, 3.05) is 0 Å². The first-order valence-corrected chi connectivity index (χ1v) is 7.93. The Labute approximate surface area is 139 Å². The van der Waals surface area contributed by atoms with Crippen molar-refractivity contribution in [3.63, 3.8) is 0 Å². The molecule has 2 unspecified atom stereocenters. The molecule has 128 valence electrons. The zero-order valence-electron chi connectivity index (χ0n) is 14.7. The monoisotopic (exact) mass is 320 g/mol. The van der Waals surface area contributed by atoms with Crippen LogP contribution in [0.15, 0.2) is 30.3 Å². The van der Waals surface area contributed by atoms with Crippen LogP contribution >= 0.6 is 0 Å². The predicted molar refractivity (Wildman–Crippen MR) is 90.9 cm³/mol. The molecule has 0 bridgehead atoms. The Hall–Kier alpha value is -2.06. The van der Waals surface area contributed by atoms with Gasteiger partial charge in [0.15, 0.2) is 6.10 Å². The van der Waals surface area contributed by atoms with Crippen molar-refractivity contribution in [1.29, 1.82) is 5.26 Å². The van der Waals surface area contributed by atoms with Crippen LogP contribution in [0.1, 0.15) is 46.6 Å². The number of carbonyl (C=O) groups is 1. The number of ether oxygens (including phenoxy) is 1. The van der Waals surface area contributed by atoms with Gasteiger partial charge >= 0.3 is 6.09 Å². The average Bonchev–Trinajstić information content (AvgIpc) is 2.51. The molecular weight excluding hydrogens is 292 g/mol. The second-order valence-corrected chi connectivity index (χ2v) is 5.85. The van der Waals surface area contributed by atoms with E-state index in [0.29, 0.717) is 12.8 Å². The van der Waals surface area contributed by atoms with E-state index in [1.165, 1.54) is 0 Å². The molecule has 0 radical (unpaired) electrons. The molecule has 2 N–H and O–H groups in total. The summed E-state index contributed by atoms with van der Waals surface area (Å²) in [6.07, 6.45) is -0.783. The third-order valence-corrected chi connectivity index (χ3v) is 2.80. The van der Waals surface area contributed by atoms with Crippen molar-refractivity contribution in [2.24, 2.45) is 0 Å². The number of alkyl carbamates (subject to hydrolysis) is 1. The number of rotatable bonds is 5. The molecule has 5 heteroatoms. The molecule has 1 aromatic carbocycles. The van der Waals surface area contributed by atoms with Gasteiger partial charge in [0.25, 0.3) is 0 Å². The second-order valence-electron chi connectivity index (χ2n) is 5.85. The first kappa shape index (κ1) is 20.9. The van der Waals surface area contributed by atoms with Gasteiger partial charge in [-0.25, -0.2) is 4.79 Å². The van der Waals surface area contributed by atoms with Crippen molar-refractivity contribution in [3.05, 3.63) is 35.9 Å². The molecule has 5 nitrogen and oxygen atoms in total. The summed E-state index contributed by atoms with van der Waals surface area (Å²) in [5.74, 6) is 0. The molecule has 0 aliphatic carbocycles.